The maximum absolute atomic E-state index is 12.4. The zero-order chi connectivity index (χ0) is 16.4. The Morgan fingerprint density at radius 1 is 1.30 bits per heavy atom. The molecule has 2 aliphatic rings. The van der Waals surface area contributed by atoms with E-state index in [0.29, 0.717) is 23.9 Å². The summed E-state index contributed by atoms with van der Waals surface area (Å²) < 4.78 is 11.1. The minimum Gasteiger partial charge on any atom is -0.441 e. The van der Waals surface area contributed by atoms with E-state index in [9.17, 15) is 9.59 Å². The average molecular weight is 336 g/mol. The highest BCUT2D eigenvalue weighted by Crippen LogP contribution is 2.34. The number of hydrogen-bond donors (Lipinski definition) is 0. The van der Waals surface area contributed by atoms with Gasteiger partial charge in [-0.2, -0.15) is 0 Å². The van der Waals surface area contributed by atoms with Crippen LogP contribution < -0.4 is 4.90 Å². The largest absolute Gasteiger partial charge is 0.441 e. The van der Waals surface area contributed by atoms with Crippen molar-refractivity contribution in [3.05, 3.63) is 22.8 Å². The van der Waals surface area contributed by atoms with Crippen LogP contribution in [-0.2, 0) is 9.53 Å². The van der Waals surface area contributed by atoms with Crippen molar-refractivity contribution in [1.29, 1.82) is 0 Å². The van der Waals surface area contributed by atoms with Gasteiger partial charge in [0.25, 0.3) is 11.1 Å². The first-order valence-corrected chi connectivity index (χ1v) is 8.61. The van der Waals surface area contributed by atoms with Crippen LogP contribution in [0.5, 0.6) is 0 Å². The van der Waals surface area contributed by atoms with E-state index in [1.54, 1.807) is 6.08 Å². The Balaban J connectivity index is 1.76. The van der Waals surface area contributed by atoms with Gasteiger partial charge >= 0.3 is 0 Å². The molecule has 2 amide bonds. The molecule has 2 aliphatic heterocycles. The lowest BCUT2D eigenvalue weighted by Gasteiger charge is -2.26. The van der Waals surface area contributed by atoms with Gasteiger partial charge in [0.15, 0.2) is 5.88 Å². The Kier molecular flexibility index (Phi) is 4.77. The number of amides is 2. The smallest absolute Gasteiger partial charge is 0.293 e. The molecule has 1 aromatic heterocycles. The Hall–Kier alpha value is -1.73. The number of rotatable bonds is 4. The fraction of sp³-hybridized carbons (Fsp3) is 0.500. The predicted octanol–water partition coefficient (Wildman–Crippen LogP) is 2.95. The number of morpholine rings is 1. The van der Waals surface area contributed by atoms with Gasteiger partial charge in [-0.05, 0) is 31.2 Å². The summed E-state index contributed by atoms with van der Waals surface area (Å²) in [5, 5.41) is -0.212. The van der Waals surface area contributed by atoms with E-state index >= 15 is 0 Å². The third-order valence-electron chi connectivity index (χ3n) is 4.06. The van der Waals surface area contributed by atoms with Crippen LogP contribution in [0.3, 0.4) is 0 Å². The molecular formula is C16H20N2O4S. The molecule has 3 heterocycles. The topological polar surface area (TPSA) is 63.0 Å². The Morgan fingerprint density at radius 2 is 2.04 bits per heavy atom. The number of thioether (sulfide) groups is 1. The highest BCUT2D eigenvalue weighted by atomic mass is 32.2. The van der Waals surface area contributed by atoms with Crippen molar-refractivity contribution in [3.63, 3.8) is 0 Å². The van der Waals surface area contributed by atoms with Gasteiger partial charge in [0.1, 0.15) is 5.76 Å². The first kappa shape index (κ1) is 16.1. The molecule has 2 saturated heterocycles. The SMILES string of the molecule is CC[C@H](C)N1C(=O)S/C(=C\c2ccc(N3CCOCC3)o2)C1=O. The maximum atomic E-state index is 12.4. The zero-order valence-electron chi connectivity index (χ0n) is 13.3. The van der Waals surface area contributed by atoms with Gasteiger partial charge < -0.3 is 14.1 Å². The van der Waals surface area contributed by atoms with E-state index in [2.05, 4.69) is 4.90 Å². The first-order valence-electron chi connectivity index (χ1n) is 7.79. The Bertz CT molecular complexity index is 634. The van der Waals surface area contributed by atoms with Crippen LogP contribution in [0.1, 0.15) is 26.0 Å². The molecule has 23 heavy (non-hydrogen) atoms. The number of ether oxygens (including phenoxy) is 1. The van der Waals surface area contributed by atoms with Gasteiger partial charge in [-0.15, -0.1) is 0 Å². The van der Waals surface area contributed by atoms with Gasteiger partial charge in [0.2, 0.25) is 0 Å². The molecule has 6 nitrogen and oxygen atoms in total. The van der Waals surface area contributed by atoms with Crippen LogP contribution in [0.15, 0.2) is 21.5 Å². The van der Waals surface area contributed by atoms with E-state index in [1.807, 2.05) is 26.0 Å². The summed E-state index contributed by atoms with van der Waals surface area (Å²) in [6, 6.07) is 3.62. The second-order valence-corrected chi connectivity index (χ2v) is 6.58. The fourth-order valence-electron chi connectivity index (χ4n) is 2.55. The minimum atomic E-state index is -0.237. The van der Waals surface area contributed by atoms with Gasteiger partial charge in [0.05, 0.1) is 18.1 Å². The number of carbonyl (C=O) groups excluding carboxylic acids is 2. The van der Waals surface area contributed by atoms with Crippen molar-refractivity contribution in [2.75, 3.05) is 31.2 Å². The Labute approximate surface area is 139 Å². The van der Waals surface area contributed by atoms with Crippen LogP contribution >= 0.6 is 11.8 Å². The number of carbonyl (C=O) groups is 2. The molecular weight excluding hydrogens is 316 g/mol. The summed E-state index contributed by atoms with van der Waals surface area (Å²) in [4.78, 5) is 28.2. The quantitative estimate of drug-likeness (QED) is 0.788. The number of anilines is 1. The number of hydrogen-bond acceptors (Lipinski definition) is 6. The van der Waals surface area contributed by atoms with E-state index < -0.39 is 0 Å². The van der Waals surface area contributed by atoms with Crippen molar-refractivity contribution in [3.8, 4) is 0 Å². The molecule has 3 rings (SSSR count). The maximum Gasteiger partial charge on any atom is 0.293 e. The third kappa shape index (κ3) is 3.30. The van der Waals surface area contributed by atoms with Crippen LogP contribution in [0.2, 0.25) is 0 Å². The molecule has 7 heteroatoms. The van der Waals surface area contributed by atoms with Crippen molar-refractivity contribution in [1.82, 2.24) is 4.90 Å². The van der Waals surface area contributed by atoms with E-state index in [4.69, 9.17) is 9.15 Å². The van der Waals surface area contributed by atoms with Crippen molar-refractivity contribution in [2.45, 2.75) is 26.3 Å². The third-order valence-corrected chi connectivity index (χ3v) is 4.95. The molecule has 0 bridgehead atoms. The van der Waals surface area contributed by atoms with Crippen LogP contribution in [0.25, 0.3) is 6.08 Å². The van der Waals surface area contributed by atoms with Crippen LogP contribution in [0, 0.1) is 0 Å². The van der Waals surface area contributed by atoms with Crippen molar-refractivity contribution >= 4 is 34.9 Å². The lowest BCUT2D eigenvalue weighted by molar-refractivity contribution is -0.124. The highest BCUT2D eigenvalue weighted by molar-refractivity contribution is 8.18. The normalized spacial score (nSPS) is 22.3. The lowest BCUT2D eigenvalue weighted by Crippen LogP contribution is -2.36. The van der Waals surface area contributed by atoms with Crippen molar-refractivity contribution in [2.24, 2.45) is 0 Å². The van der Waals surface area contributed by atoms with Crippen LogP contribution in [0.4, 0.5) is 10.7 Å². The summed E-state index contributed by atoms with van der Waals surface area (Å²) in [6.07, 6.45) is 2.39. The second kappa shape index (κ2) is 6.80. The van der Waals surface area contributed by atoms with Gasteiger partial charge in [-0.1, -0.05) is 6.92 Å². The Morgan fingerprint density at radius 3 is 2.74 bits per heavy atom. The molecule has 124 valence electrons. The van der Waals surface area contributed by atoms with Crippen LogP contribution in [-0.4, -0.2) is 48.4 Å². The summed E-state index contributed by atoms with van der Waals surface area (Å²) in [5.41, 5.74) is 0. The molecule has 1 atom stereocenters. The average Bonchev–Trinajstić information content (AvgIpc) is 3.13. The van der Waals surface area contributed by atoms with Crippen molar-refractivity contribution < 1.29 is 18.7 Å². The molecule has 1 aromatic rings. The molecule has 2 fully saturated rings. The predicted molar refractivity (Wildman–Crippen MR) is 89.3 cm³/mol. The molecule has 0 unspecified atom stereocenters. The molecule has 0 radical (unpaired) electrons. The summed E-state index contributed by atoms with van der Waals surface area (Å²) >= 11 is 0.970. The highest BCUT2D eigenvalue weighted by Gasteiger charge is 2.37. The number of furan rings is 1. The van der Waals surface area contributed by atoms with Gasteiger partial charge in [0, 0.05) is 31.3 Å². The molecule has 0 N–H and O–H groups in total. The zero-order valence-corrected chi connectivity index (χ0v) is 14.1. The standard InChI is InChI=1S/C16H20N2O4S/c1-3-11(2)18-15(19)13(23-16(18)20)10-12-4-5-14(22-12)17-6-8-21-9-7-17/h4-5,10-11H,3,6-9H2,1-2H3/b13-10-/t11-/m0/s1. The first-order chi connectivity index (χ1) is 11.1. The van der Waals surface area contributed by atoms with Gasteiger partial charge in [-0.25, -0.2) is 0 Å². The molecule has 0 aliphatic carbocycles. The van der Waals surface area contributed by atoms with E-state index in [1.165, 1.54) is 4.90 Å². The summed E-state index contributed by atoms with van der Waals surface area (Å²) in [6.45, 7) is 6.78. The number of imide groups is 1. The monoisotopic (exact) mass is 336 g/mol. The molecule has 0 spiro atoms. The van der Waals surface area contributed by atoms with E-state index in [0.717, 1.165) is 37.2 Å². The molecule has 0 saturated carbocycles. The lowest BCUT2D eigenvalue weighted by atomic mass is 10.2. The molecule has 0 aromatic carbocycles. The fourth-order valence-corrected chi connectivity index (χ4v) is 3.46. The second-order valence-electron chi connectivity index (χ2n) is 5.58. The number of nitrogens with zero attached hydrogens (tertiary/aromatic N) is 2. The summed E-state index contributed by atoms with van der Waals surface area (Å²) in [5.74, 6) is 1.11. The van der Waals surface area contributed by atoms with Gasteiger partial charge in [-0.3, -0.25) is 14.5 Å². The minimum absolute atomic E-state index is 0.0890. The summed E-state index contributed by atoms with van der Waals surface area (Å²) in [7, 11) is 0. The van der Waals surface area contributed by atoms with E-state index in [-0.39, 0.29) is 17.2 Å².